The zero-order chi connectivity index (χ0) is 18.4. The summed E-state index contributed by atoms with van der Waals surface area (Å²) in [5.74, 6) is 1.04. The topological polar surface area (TPSA) is 52.6 Å². The van der Waals surface area contributed by atoms with Crippen molar-refractivity contribution in [3.8, 4) is 0 Å². The first-order valence-corrected chi connectivity index (χ1v) is 9.49. The van der Waals surface area contributed by atoms with E-state index in [2.05, 4.69) is 48.5 Å². The third-order valence-corrected chi connectivity index (χ3v) is 5.06. The van der Waals surface area contributed by atoms with Crippen molar-refractivity contribution in [1.82, 2.24) is 0 Å². The molecule has 0 spiro atoms. The lowest BCUT2D eigenvalue weighted by atomic mass is 9.77. The number of esters is 2. The number of hydrogen-bond donors (Lipinski definition) is 0. The van der Waals surface area contributed by atoms with E-state index in [9.17, 15) is 9.59 Å². The van der Waals surface area contributed by atoms with Gasteiger partial charge >= 0.3 is 11.9 Å². The second kappa shape index (κ2) is 9.43. The molecule has 1 heterocycles. The highest BCUT2D eigenvalue weighted by molar-refractivity contribution is 5.91. The lowest BCUT2D eigenvalue weighted by Gasteiger charge is -2.32. The van der Waals surface area contributed by atoms with Crippen molar-refractivity contribution in [2.75, 3.05) is 0 Å². The van der Waals surface area contributed by atoms with E-state index in [4.69, 9.17) is 9.47 Å². The molecule has 0 aromatic carbocycles. The van der Waals surface area contributed by atoms with Crippen LogP contribution in [-0.4, -0.2) is 24.1 Å². The number of cyclic esters (lactones) is 2. The van der Waals surface area contributed by atoms with Crippen LogP contribution >= 0.6 is 0 Å². The van der Waals surface area contributed by atoms with Gasteiger partial charge in [-0.1, -0.05) is 48.5 Å². The smallest absolute Gasteiger partial charge is 0.317 e. The monoisotopic (exact) mass is 340 g/mol. The number of rotatable bonds is 4. The lowest BCUT2D eigenvalue weighted by Crippen LogP contribution is -2.30. The van der Waals surface area contributed by atoms with Gasteiger partial charge in [-0.05, 0) is 48.9 Å². The number of hydrogen-bond acceptors (Lipinski definition) is 4. The van der Waals surface area contributed by atoms with Crippen LogP contribution in [0.5, 0.6) is 0 Å². The largest absolute Gasteiger partial charge is 0.462 e. The lowest BCUT2D eigenvalue weighted by molar-refractivity contribution is -0.162. The van der Waals surface area contributed by atoms with Crippen molar-refractivity contribution in [3.63, 3.8) is 0 Å². The van der Waals surface area contributed by atoms with Crippen LogP contribution in [0.15, 0.2) is 0 Å². The van der Waals surface area contributed by atoms with Crippen LogP contribution in [0.3, 0.4) is 0 Å². The van der Waals surface area contributed by atoms with Gasteiger partial charge < -0.3 is 9.47 Å². The maximum Gasteiger partial charge on any atom is 0.317 e. The molecule has 0 aromatic rings. The second-order valence-electron chi connectivity index (χ2n) is 8.56. The molecule has 0 aliphatic carbocycles. The zero-order valence-electron chi connectivity index (χ0n) is 16.5. The molecule has 4 nitrogen and oxygen atoms in total. The molecule has 4 atom stereocenters. The third-order valence-electron chi connectivity index (χ3n) is 5.06. The Bertz CT molecular complexity index is 414. The van der Waals surface area contributed by atoms with Gasteiger partial charge in [0.25, 0.3) is 0 Å². The van der Waals surface area contributed by atoms with E-state index in [0.717, 1.165) is 19.3 Å². The van der Waals surface area contributed by atoms with Crippen molar-refractivity contribution in [2.45, 2.75) is 86.4 Å². The van der Waals surface area contributed by atoms with Crippen LogP contribution in [0.2, 0.25) is 0 Å². The van der Waals surface area contributed by atoms with Gasteiger partial charge in [0.1, 0.15) is 18.6 Å². The summed E-state index contributed by atoms with van der Waals surface area (Å²) in [7, 11) is 0. The number of ether oxygens (including phenoxy) is 2. The van der Waals surface area contributed by atoms with E-state index >= 15 is 0 Å². The first kappa shape index (κ1) is 21.0. The fourth-order valence-electron chi connectivity index (χ4n) is 3.48. The SMILES string of the molecule is CC(C)CC1CC(C(C)C)OC(=O)CC(=O)OC(C(C)C)CC1C. The number of carbonyl (C=O) groups is 2. The first-order valence-electron chi connectivity index (χ1n) is 9.49. The molecule has 140 valence electrons. The van der Waals surface area contributed by atoms with Crippen molar-refractivity contribution < 1.29 is 19.1 Å². The molecule has 4 heteroatoms. The van der Waals surface area contributed by atoms with E-state index in [-0.39, 0.29) is 30.5 Å². The molecule has 0 saturated carbocycles. The predicted octanol–water partition coefficient (Wildman–Crippen LogP) is 4.60. The van der Waals surface area contributed by atoms with Gasteiger partial charge in [-0.25, -0.2) is 0 Å². The Hall–Kier alpha value is -1.06. The molecular weight excluding hydrogens is 304 g/mol. The molecule has 0 bridgehead atoms. The summed E-state index contributed by atoms with van der Waals surface area (Å²) in [5, 5.41) is 0. The highest BCUT2D eigenvalue weighted by Crippen LogP contribution is 2.33. The minimum absolute atomic E-state index is 0.132. The molecule has 0 amide bonds. The Morgan fingerprint density at radius 3 is 1.75 bits per heavy atom. The molecular formula is C20H36O4. The summed E-state index contributed by atoms with van der Waals surface area (Å²) >= 11 is 0. The summed E-state index contributed by atoms with van der Waals surface area (Å²) in [6.07, 6.45) is 2.26. The maximum absolute atomic E-state index is 12.1. The highest BCUT2D eigenvalue weighted by Gasteiger charge is 2.32. The van der Waals surface area contributed by atoms with Gasteiger partial charge in [-0.15, -0.1) is 0 Å². The van der Waals surface area contributed by atoms with E-state index < -0.39 is 11.9 Å². The number of carbonyl (C=O) groups excluding carboxylic acids is 2. The molecule has 24 heavy (non-hydrogen) atoms. The Labute approximate surface area is 147 Å². The summed E-state index contributed by atoms with van der Waals surface area (Å²) in [6.45, 7) is 15.0. The maximum atomic E-state index is 12.1. The highest BCUT2D eigenvalue weighted by atomic mass is 16.6. The minimum Gasteiger partial charge on any atom is -0.462 e. The average molecular weight is 341 g/mol. The van der Waals surface area contributed by atoms with Crippen LogP contribution in [0, 0.1) is 29.6 Å². The quantitative estimate of drug-likeness (QED) is 0.554. The van der Waals surface area contributed by atoms with Crippen molar-refractivity contribution >= 4 is 11.9 Å². The second-order valence-corrected chi connectivity index (χ2v) is 8.56. The molecule has 1 rings (SSSR count). The summed E-state index contributed by atoms with van der Waals surface area (Å²) < 4.78 is 11.2. The summed E-state index contributed by atoms with van der Waals surface area (Å²) in [5.41, 5.74) is 0. The van der Waals surface area contributed by atoms with Crippen molar-refractivity contribution in [3.05, 3.63) is 0 Å². The molecule has 1 saturated heterocycles. The van der Waals surface area contributed by atoms with Gasteiger partial charge in [0.15, 0.2) is 0 Å². The standard InChI is InChI=1S/C20H36O4/c1-12(2)8-16-10-18(14(5)6)24-20(22)11-19(21)23-17(13(3)4)9-15(16)7/h12-18H,8-11H2,1-7H3. The Kier molecular flexibility index (Phi) is 8.24. The van der Waals surface area contributed by atoms with Crippen LogP contribution in [0.1, 0.15) is 74.1 Å². The van der Waals surface area contributed by atoms with Crippen LogP contribution < -0.4 is 0 Å². The summed E-state index contributed by atoms with van der Waals surface area (Å²) in [4.78, 5) is 24.2. The van der Waals surface area contributed by atoms with E-state index in [0.29, 0.717) is 17.8 Å². The summed E-state index contributed by atoms with van der Waals surface area (Å²) in [6, 6.07) is 0. The molecule has 1 aliphatic heterocycles. The Morgan fingerprint density at radius 1 is 0.875 bits per heavy atom. The normalized spacial score (nSPS) is 30.2. The van der Waals surface area contributed by atoms with Crippen molar-refractivity contribution in [2.24, 2.45) is 29.6 Å². The van der Waals surface area contributed by atoms with Gasteiger partial charge in [-0.3, -0.25) is 9.59 Å². The molecule has 4 unspecified atom stereocenters. The van der Waals surface area contributed by atoms with Crippen molar-refractivity contribution in [1.29, 1.82) is 0 Å². The van der Waals surface area contributed by atoms with Gasteiger partial charge in [0, 0.05) is 0 Å². The fourth-order valence-corrected chi connectivity index (χ4v) is 3.48. The van der Waals surface area contributed by atoms with Gasteiger partial charge in [-0.2, -0.15) is 0 Å². The van der Waals surface area contributed by atoms with Crippen LogP contribution in [0.4, 0.5) is 0 Å². The third kappa shape index (κ3) is 6.82. The predicted molar refractivity (Wildman–Crippen MR) is 95.4 cm³/mol. The fraction of sp³-hybridized carbons (Fsp3) is 0.900. The molecule has 0 N–H and O–H groups in total. The minimum atomic E-state index is -0.462. The Balaban J connectivity index is 3.06. The Morgan fingerprint density at radius 2 is 1.33 bits per heavy atom. The van der Waals surface area contributed by atoms with Crippen LogP contribution in [-0.2, 0) is 19.1 Å². The molecule has 1 aliphatic rings. The zero-order valence-corrected chi connectivity index (χ0v) is 16.5. The van der Waals surface area contributed by atoms with E-state index in [1.54, 1.807) is 0 Å². The first-order chi connectivity index (χ1) is 11.1. The van der Waals surface area contributed by atoms with E-state index in [1.807, 2.05) is 0 Å². The van der Waals surface area contributed by atoms with E-state index in [1.165, 1.54) is 0 Å². The van der Waals surface area contributed by atoms with Gasteiger partial charge in [0.05, 0.1) is 0 Å². The molecule has 0 radical (unpaired) electrons. The molecule has 1 fully saturated rings. The average Bonchev–Trinajstić information content (AvgIpc) is 2.44. The van der Waals surface area contributed by atoms with Gasteiger partial charge in [0.2, 0.25) is 0 Å². The van der Waals surface area contributed by atoms with Crippen LogP contribution in [0.25, 0.3) is 0 Å². The molecule has 0 aromatic heterocycles.